The molecule has 1 saturated carbocycles. The number of carbonyl (C=O) groups is 3. The van der Waals surface area contributed by atoms with Crippen molar-refractivity contribution < 1.29 is 19.1 Å². The maximum atomic E-state index is 13.9. The molecular formula is C44H51N11O4. The third-order valence-electron chi connectivity index (χ3n) is 13.2. The van der Waals surface area contributed by atoms with Gasteiger partial charge in [0.05, 0.1) is 58.4 Å². The summed E-state index contributed by atoms with van der Waals surface area (Å²) < 4.78 is 8.04. The van der Waals surface area contributed by atoms with Gasteiger partial charge in [0.15, 0.2) is 0 Å². The first-order chi connectivity index (χ1) is 28.6. The lowest BCUT2D eigenvalue weighted by molar-refractivity contribution is -0.134. The van der Waals surface area contributed by atoms with Gasteiger partial charge in [0, 0.05) is 82.3 Å². The molecule has 3 saturated heterocycles. The molecule has 5 aliphatic heterocycles. The Kier molecular flexibility index (Phi) is 9.57. The van der Waals surface area contributed by atoms with Crippen LogP contribution in [0.2, 0.25) is 0 Å². The molecular weight excluding hydrogens is 747 g/mol. The number of benzene rings is 1. The fraction of sp³-hybridized carbons (Fsp3) is 0.477. The minimum atomic E-state index is -0.367. The van der Waals surface area contributed by atoms with Crippen LogP contribution in [0.1, 0.15) is 71.9 Å². The van der Waals surface area contributed by atoms with Gasteiger partial charge in [-0.2, -0.15) is 10.1 Å². The Labute approximate surface area is 343 Å². The van der Waals surface area contributed by atoms with Gasteiger partial charge in [-0.1, -0.05) is 0 Å². The Morgan fingerprint density at radius 1 is 0.814 bits per heavy atom. The number of hydrogen-bond acceptors (Lipinski definition) is 12. The van der Waals surface area contributed by atoms with Gasteiger partial charge in [-0.15, -0.1) is 0 Å². The predicted molar refractivity (Wildman–Crippen MR) is 225 cm³/mol. The standard InChI is InChI=1S/C44H51N11O4/c1-26-20-29-22-37(46-26)34-24-45-51(3)43(34)59-19-12-28-21-30(28)25-55-39-23-32(4-6-36(39)48-44(55)50-41(29)57)53-17-15-52(16-18-53)31-10-13-54(14-11-31)38-8-7-35(47-27(38)2)33-5-9-40(56)49-42(33)58/h4,6-8,20,22-24,28,30-31,33H,5,9-19,21,25H2,1-3H3,(H,48,50,57)(H,49,56,58)/t28-,30+,33?/m1/s1. The average Bonchev–Trinajstić information content (AvgIpc) is 3.74. The van der Waals surface area contributed by atoms with E-state index in [0.717, 1.165) is 111 Å². The number of rotatable bonds is 4. The van der Waals surface area contributed by atoms with E-state index in [0.29, 0.717) is 60.4 Å². The molecule has 15 heteroatoms. The summed E-state index contributed by atoms with van der Waals surface area (Å²) in [6, 6.07) is 14.8. The van der Waals surface area contributed by atoms with Gasteiger partial charge < -0.3 is 24.8 Å². The fourth-order valence-electron chi connectivity index (χ4n) is 9.81. The number of ether oxygens (including phenoxy) is 1. The van der Waals surface area contributed by atoms with Crippen LogP contribution in [0.4, 0.5) is 22.7 Å². The molecule has 8 heterocycles. The minimum absolute atomic E-state index is 0.205. The van der Waals surface area contributed by atoms with Crippen molar-refractivity contribution in [1.82, 2.24) is 30.0 Å². The zero-order valence-corrected chi connectivity index (χ0v) is 34.0. The lowest BCUT2D eigenvalue weighted by Gasteiger charge is -2.44. The number of amides is 3. The average molecular weight is 798 g/mol. The van der Waals surface area contributed by atoms with Gasteiger partial charge in [0.2, 0.25) is 23.7 Å². The second kappa shape index (κ2) is 15.1. The number of nitrogens with zero attached hydrogens (tertiary/aromatic N) is 9. The molecule has 1 unspecified atom stereocenters. The maximum Gasteiger partial charge on any atom is 0.280 e. The number of aliphatic imine (C=N–C) groups is 1. The summed E-state index contributed by atoms with van der Waals surface area (Å²) in [7, 11) is 1.87. The van der Waals surface area contributed by atoms with E-state index in [2.05, 4.69) is 59.6 Å². The topological polar surface area (TPSA) is 153 Å². The molecule has 6 aliphatic rings. The molecule has 10 rings (SSSR count). The van der Waals surface area contributed by atoms with Crippen molar-refractivity contribution in [3.05, 3.63) is 71.3 Å². The molecule has 3 amide bonds. The smallest absolute Gasteiger partial charge is 0.280 e. The molecule has 306 valence electrons. The molecule has 59 heavy (non-hydrogen) atoms. The first-order valence-corrected chi connectivity index (χ1v) is 21.2. The number of fused-ring (bicyclic) bond motifs is 8. The van der Waals surface area contributed by atoms with Gasteiger partial charge >= 0.3 is 0 Å². The second-order valence-electron chi connectivity index (χ2n) is 17.0. The third-order valence-corrected chi connectivity index (χ3v) is 13.2. The molecule has 0 radical (unpaired) electrons. The van der Waals surface area contributed by atoms with Gasteiger partial charge in [0.1, 0.15) is 0 Å². The fourth-order valence-corrected chi connectivity index (χ4v) is 9.81. The molecule has 2 bridgehead atoms. The second-order valence-corrected chi connectivity index (χ2v) is 17.0. The van der Waals surface area contributed by atoms with E-state index in [9.17, 15) is 14.4 Å². The van der Waals surface area contributed by atoms with Crippen molar-refractivity contribution in [3.8, 4) is 17.1 Å². The SMILES string of the molecule is Cc1cc2cc(n1)-c1cnn(C)c1OCC[C@@H]1C[C@H]1CN1/C(=N/C2=O)Nc2ccc(N3CCN(C4CCN(c5ccc(C6CCC(=O)NC6=O)nc5C)CC4)CC3)cc21. The highest BCUT2D eigenvalue weighted by atomic mass is 16.5. The predicted octanol–water partition coefficient (Wildman–Crippen LogP) is 4.65. The summed E-state index contributed by atoms with van der Waals surface area (Å²) in [5.41, 5.74) is 8.64. The Hall–Kier alpha value is -5.83. The number of piperazine rings is 1. The van der Waals surface area contributed by atoms with Crippen LogP contribution in [-0.2, 0) is 16.6 Å². The van der Waals surface area contributed by atoms with Gasteiger partial charge in [-0.25, -0.2) is 4.68 Å². The van der Waals surface area contributed by atoms with E-state index >= 15 is 0 Å². The van der Waals surface area contributed by atoms with Crippen LogP contribution in [0.3, 0.4) is 0 Å². The van der Waals surface area contributed by atoms with Crippen LogP contribution in [0.5, 0.6) is 5.88 Å². The number of piperidine rings is 2. The molecule has 3 aromatic heterocycles. The molecule has 15 nitrogen and oxygen atoms in total. The molecule has 0 spiro atoms. The lowest BCUT2D eigenvalue weighted by Crippen LogP contribution is -2.53. The highest BCUT2D eigenvalue weighted by molar-refractivity contribution is 6.19. The number of carbonyl (C=O) groups excluding carboxylic acids is 3. The van der Waals surface area contributed by atoms with Gasteiger partial charge in [-0.05, 0) is 100 Å². The highest BCUT2D eigenvalue weighted by Crippen LogP contribution is 2.45. The van der Waals surface area contributed by atoms with Crippen LogP contribution in [0.15, 0.2) is 53.7 Å². The van der Waals surface area contributed by atoms with Crippen molar-refractivity contribution in [2.75, 3.05) is 72.4 Å². The van der Waals surface area contributed by atoms with Crippen molar-refractivity contribution in [2.24, 2.45) is 23.9 Å². The number of aromatic nitrogens is 4. The van der Waals surface area contributed by atoms with Gasteiger partial charge in [0.25, 0.3) is 5.91 Å². The van der Waals surface area contributed by atoms with Crippen LogP contribution < -0.4 is 30.1 Å². The summed E-state index contributed by atoms with van der Waals surface area (Å²) in [4.78, 5) is 62.0. The zero-order chi connectivity index (χ0) is 40.4. The van der Waals surface area contributed by atoms with E-state index in [4.69, 9.17) is 19.7 Å². The number of aryl methyl sites for hydroxylation is 3. The first-order valence-electron chi connectivity index (χ1n) is 21.2. The molecule has 2 N–H and O–H groups in total. The number of imide groups is 1. The Balaban J connectivity index is 0.802. The molecule has 1 aromatic carbocycles. The quantitative estimate of drug-likeness (QED) is 0.277. The van der Waals surface area contributed by atoms with Crippen molar-refractivity contribution in [3.63, 3.8) is 0 Å². The Morgan fingerprint density at radius 3 is 2.44 bits per heavy atom. The normalized spacial score (nSPS) is 24.7. The first kappa shape index (κ1) is 37.4. The summed E-state index contributed by atoms with van der Waals surface area (Å²) in [5.74, 6) is 1.11. The van der Waals surface area contributed by atoms with Gasteiger partial charge in [-0.3, -0.25) is 34.6 Å². The van der Waals surface area contributed by atoms with E-state index in [1.807, 2.05) is 27.0 Å². The Morgan fingerprint density at radius 2 is 1.64 bits per heavy atom. The minimum Gasteiger partial charge on any atom is -0.477 e. The van der Waals surface area contributed by atoms with E-state index in [-0.39, 0.29) is 23.6 Å². The molecule has 4 fully saturated rings. The molecule has 1 aliphatic carbocycles. The zero-order valence-electron chi connectivity index (χ0n) is 34.0. The monoisotopic (exact) mass is 797 g/mol. The van der Waals surface area contributed by atoms with Crippen LogP contribution >= 0.6 is 0 Å². The highest BCUT2D eigenvalue weighted by Gasteiger charge is 2.41. The number of guanidine groups is 1. The van der Waals surface area contributed by atoms with E-state index < -0.39 is 0 Å². The van der Waals surface area contributed by atoms with Crippen molar-refractivity contribution in [2.45, 2.75) is 64.3 Å². The molecule has 3 atom stereocenters. The number of pyridine rings is 2. The van der Waals surface area contributed by atoms with E-state index in [1.54, 1.807) is 23.0 Å². The van der Waals surface area contributed by atoms with E-state index in [1.165, 1.54) is 5.69 Å². The van der Waals surface area contributed by atoms with Crippen LogP contribution in [0.25, 0.3) is 11.3 Å². The van der Waals surface area contributed by atoms with Crippen LogP contribution in [0, 0.1) is 25.7 Å². The summed E-state index contributed by atoms with van der Waals surface area (Å²) >= 11 is 0. The maximum absolute atomic E-state index is 13.9. The van der Waals surface area contributed by atoms with Crippen molar-refractivity contribution in [1.29, 1.82) is 0 Å². The third kappa shape index (κ3) is 7.29. The van der Waals surface area contributed by atoms with Crippen LogP contribution in [-0.4, -0.2) is 107 Å². The number of nitrogens with one attached hydrogen (secondary N) is 2. The summed E-state index contributed by atoms with van der Waals surface area (Å²) in [6.07, 6.45) is 6.85. The molecule has 4 aromatic rings. The lowest BCUT2D eigenvalue weighted by atomic mass is 9.94. The summed E-state index contributed by atoms with van der Waals surface area (Å²) in [5, 5.41) is 10.4. The number of anilines is 4. The summed E-state index contributed by atoms with van der Waals surface area (Å²) in [6.45, 7) is 11.1. The Bertz CT molecular complexity index is 2360. The number of hydrogen-bond donors (Lipinski definition) is 2. The largest absolute Gasteiger partial charge is 0.477 e. The van der Waals surface area contributed by atoms with Crippen molar-refractivity contribution >= 4 is 46.4 Å².